The number of thioether (sulfide) groups is 1. The van der Waals surface area contributed by atoms with Crippen molar-refractivity contribution in [2.24, 2.45) is 0 Å². The van der Waals surface area contributed by atoms with Crippen molar-refractivity contribution in [2.75, 3.05) is 31.1 Å². The second-order valence-electron chi connectivity index (χ2n) is 8.90. The number of carbonyl (C=O) groups excluding carboxylic acids is 3. The standard InChI is InChI=1S/C28H22ClF2N3O3S/c29-21-2-1-3-22(16-21)32-10-12-33(13-11-32)26(35)20-7-4-18(5-8-20)15-25-27(36)34(28(37)38-25)17-19-6-9-23(30)24(31)14-19/h1-9,14-16H,10-13,17H2/b25-15-. The number of benzene rings is 3. The summed E-state index contributed by atoms with van der Waals surface area (Å²) >= 11 is 6.87. The zero-order chi connectivity index (χ0) is 26.8. The highest BCUT2D eigenvalue weighted by atomic mass is 35.5. The van der Waals surface area contributed by atoms with Crippen molar-refractivity contribution in [1.29, 1.82) is 0 Å². The predicted molar refractivity (Wildman–Crippen MR) is 144 cm³/mol. The molecule has 3 aromatic rings. The Hall–Kier alpha value is -3.69. The third kappa shape index (κ3) is 5.58. The van der Waals surface area contributed by atoms with Crippen LogP contribution in [0.1, 0.15) is 21.5 Å². The molecule has 3 amide bonds. The molecule has 0 spiro atoms. The van der Waals surface area contributed by atoms with Crippen molar-refractivity contribution in [3.05, 3.63) is 105 Å². The van der Waals surface area contributed by atoms with Gasteiger partial charge in [0.1, 0.15) is 0 Å². The molecule has 10 heteroatoms. The lowest BCUT2D eigenvalue weighted by molar-refractivity contribution is -0.123. The van der Waals surface area contributed by atoms with Gasteiger partial charge in [-0.3, -0.25) is 19.3 Å². The highest BCUT2D eigenvalue weighted by Crippen LogP contribution is 2.33. The number of amides is 3. The quantitative estimate of drug-likeness (QED) is 0.373. The van der Waals surface area contributed by atoms with Gasteiger partial charge in [-0.25, -0.2) is 8.78 Å². The molecule has 2 aliphatic heterocycles. The van der Waals surface area contributed by atoms with Crippen LogP contribution in [0.15, 0.2) is 71.6 Å². The van der Waals surface area contributed by atoms with Crippen molar-refractivity contribution in [1.82, 2.24) is 9.80 Å². The lowest BCUT2D eigenvalue weighted by atomic mass is 10.1. The first-order valence-corrected chi connectivity index (χ1v) is 13.1. The van der Waals surface area contributed by atoms with Gasteiger partial charge >= 0.3 is 0 Å². The number of piperazine rings is 1. The zero-order valence-electron chi connectivity index (χ0n) is 20.1. The SMILES string of the molecule is O=C(c1ccc(/C=C2\SC(=O)N(Cc3ccc(F)c(F)c3)C2=O)cc1)N1CCN(c2cccc(Cl)c2)CC1. The summed E-state index contributed by atoms with van der Waals surface area (Å²) in [5.41, 5.74) is 2.53. The molecule has 38 heavy (non-hydrogen) atoms. The summed E-state index contributed by atoms with van der Waals surface area (Å²) in [7, 11) is 0. The van der Waals surface area contributed by atoms with Gasteiger partial charge < -0.3 is 9.80 Å². The number of rotatable bonds is 5. The molecule has 2 saturated heterocycles. The minimum atomic E-state index is -1.04. The molecule has 3 aromatic carbocycles. The van der Waals surface area contributed by atoms with E-state index in [1.165, 1.54) is 6.07 Å². The maximum atomic E-state index is 13.5. The van der Waals surface area contributed by atoms with Crippen molar-refractivity contribution in [2.45, 2.75) is 6.54 Å². The molecule has 0 bridgehead atoms. The van der Waals surface area contributed by atoms with E-state index in [0.29, 0.717) is 47.9 Å². The fourth-order valence-corrected chi connectivity index (χ4v) is 5.38. The predicted octanol–water partition coefficient (Wildman–Crippen LogP) is 5.82. The Kier molecular flexibility index (Phi) is 7.49. The van der Waals surface area contributed by atoms with E-state index in [0.717, 1.165) is 34.5 Å². The van der Waals surface area contributed by atoms with Gasteiger partial charge in [0.05, 0.1) is 11.4 Å². The van der Waals surface area contributed by atoms with Gasteiger partial charge in [-0.1, -0.05) is 35.9 Å². The lowest BCUT2D eigenvalue weighted by Crippen LogP contribution is -2.48. The third-order valence-electron chi connectivity index (χ3n) is 6.39. The number of hydrogen-bond acceptors (Lipinski definition) is 5. The first-order valence-electron chi connectivity index (χ1n) is 11.9. The summed E-state index contributed by atoms with van der Waals surface area (Å²) in [5, 5.41) is 0.184. The van der Waals surface area contributed by atoms with Crippen molar-refractivity contribution >= 4 is 52.2 Å². The number of carbonyl (C=O) groups is 3. The first kappa shape index (κ1) is 25.9. The van der Waals surface area contributed by atoms with Crippen molar-refractivity contribution in [3.63, 3.8) is 0 Å². The fraction of sp³-hybridized carbons (Fsp3) is 0.179. The van der Waals surface area contributed by atoms with Crippen molar-refractivity contribution in [3.8, 4) is 0 Å². The molecule has 0 atom stereocenters. The van der Waals surface area contributed by atoms with E-state index < -0.39 is 22.8 Å². The normalized spacial score (nSPS) is 17.0. The molecular weight excluding hydrogens is 532 g/mol. The number of halogens is 3. The Morgan fingerprint density at radius 2 is 1.66 bits per heavy atom. The van der Waals surface area contributed by atoms with E-state index in [9.17, 15) is 23.2 Å². The molecule has 0 saturated carbocycles. The fourth-order valence-electron chi connectivity index (χ4n) is 4.35. The van der Waals surface area contributed by atoms with E-state index in [2.05, 4.69) is 4.90 Å². The van der Waals surface area contributed by atoms with Crippen molar-refractivity contribution < 1.29 is 23.2 Å². The minimum absolute atomic E-state index is 0.0749. The number of nitrogens with zero attached hydrogens (tertiary/aromatic N) is 3. The molecule has 2 fully saturated rings. The van der Waals surface area contributed by atoms with Crippen LogP contribution in [0.4, 0.5) is 19.3 Å². The van der Waals surface area contributed by atoms with Crippen LogP contribution in [-0.4, -0.2) is 53.0 Å². The summed E-state index contributed by atoms with van der Waals surface area (Å²) < 4.78 is 26.7. The molecule has 0 aliphatic carbocycles. The van der Waals surface area contributed by atoms with Gasteiger partial charge in [-0.05, 0) is 71.4 Å². The van der Waals surface area contributed by atoms with Gasteiger partial charge in [0, 0.05) is 42.5 Å². The summed E-state index contributed by atoms with van der Waals surface area (Å²) in [6, 6.07) is 17.7. The van der Waals surface area contributed by atoms with Crippen LogP contribution in [-0.2, 0) is 11.3 Å². The average molecular weight is 554 g/mol. The molecule has 0 unspecified atom stereocenters. The molecule has 0 aromatic heterocycles. The number of anilines is 1. The third-order valence-corrected chi connectivity index (χ3v) is 7.54. The Bertz CT molecular complexity index is 1440. The monoisotopic (exact) mass is 553 g/mol. The highest BCUT2D eigenvalue weighted by Gasteiger charge is 2.35. The molecule has 0 N–H and O–H groups in total. The van der Waals surface area contributed by atoms with Gasteiger partial charge in [0.2, 0.25) is 0 Å². The molecule has 0 radical (unpaired) electrons. The Labute approximate surface area is 227 Å². The van der Waals surface area contributed by atoms with E-state index in [1.54, 1.807) is 35.2 Å². The molecule has 2 heterocycles. The molecule has 2 aliphatic rings. The smallest absolute Gasteiger partial charge is 0.293 e. The summed E-state index contributed by atoms with van der Waals surface area (Å²) in [6.07, 6.45) is 1.58. The zero-order valence-corrected chi connectivity index (χ0v) is 21.6. The van der Waals surface area contributed by atoms with Crippen LogP contribution in [0.2, 0.25) is 5.02 Å². The molecule has 5 rings (SSSR count). The van der Waals surface area contributed by atoms with Crippen LogP contribution in [0.3, 0.4) is 0 Å². The minimum Gasteiger partial charge on any atom is -0.368 e. The average Bonchev–Trinajstić information content (AvgIpc) is 3.18. The van der Waals surface area contributed by atoms with E-state index in [-0.39, 0.29) is 17.4 Å². The Morgan fingerprint density at radius 3 is 2.34 bits per heavy atom. The van der Waals surface area contributed by atoms with Gasteiger partial charge in [0.15, 0.2) is 11.6 Å². The molecule has 6 nitrogen and oxygen atoms in total. The van der Waals surface area contributed by atoms with Crippen LogP contribution in [0.25, 0.3) is 6.08 Å². The summed E-state index contributed by atoms with van der Waals surface area (Å²) in [6.45, 7) is 2.41. The Morgan fingerprint density at radius 1 is 0.921 bits per heavy atom. The van der Waals surface area contributed by atoms with E-state index in [4.69, 9.17) is 11.6 Å². The molecular formula is C28H22ClF2N3O3S. The second-order valence-corrected chi connectivity index (χ2v) is 10.3. The van der Waals surface area contributed by atoms with Gasteiger partial charge in [-0.2, -0.15) is 0 Å². The summed E-state index contributed by atoms with van der Waals surface area (Å²) in [4.78, 5) is 43.4. The highest BCUT2D eigenvalue weighted by molar-refractivity contribution is 8.18. The Balaban J connectivity index is 1.21. The molecule has 194 valence electrons. The number of hydrogen-bond donors (Lipinski definition) is 0. The van der Waals surface area contributed by atoms with E-state index in [1.807, 2.05) is 24.3 Å². The van der Waals surface area contributed by atoms with Crippen LogP contribution >= 0.6 is 23.4 Å². The maximum Gasteiger partial charge on any atom is 0.293 e. The van der Waals surface area contributed by atoms with Crippen LogP contribution < -0.4 is 4.90 Å². The van der Waals surface area contributed by atoms with Crippen LogP contribution in [0.5, 0.6) is 0 Å². The van der Waals surface area contributed by atoms with Crippen LogP contribution in [0, 0.1) is 11.6 Å². The lowest BCUT2D eigenvalue weighted by Gasteiger charge is -2.36. The second kappa shape index (κ2) is 11.0. The summed E-state index contributed by atoms with van der Waals surface area (Å²) in [5.74, 6) is -2.62. The van der Waals surface area contributed by atoms with Gasteiger partial charge in [0.25, 0.3) is 17.1 Å². The number of imide groups is 1. The first-order chi connectivity index (χ1) is 18.3. The topological polar surface area (TPSA) is 60.9 Å². The maximum absolute atomic E-state index is 13.5. The van der Waals surface area contributed by atoms with Gasteiger partial charge in [-0.15, -0.1) is 0 Å². The largest absolute Gasteiger partial charge is 0.368 e. The van der Waals surface area contributed by atoms with E-state index >= 15 is 0 Å².